The molecule has 20 heavy (non-hydrogen) atoms. The van der Waals surface area contributed by atoms with Crippen molar-refractivity contribution in [1.82, 2.24) is 9.72 Å². The van der Waals surface area contributed by atoms with Crippen LogP contribution in [0, 0.1) is 12.7 Å². The summed E-state index contributed by atoms with van der Waals surface area (Å²) in [5.41, 5.74) is 2.07. The van der Waals surface area contributed by atoms with E-state index in [4.69, 9.17) is 9.63 Å². The third kappa shape index (κ3) is 1.61. The highest BCUT2D eigenvalue weighted by atomic mass is 19.1. The first-order valence-corrected chi connectivity index (χ1v) is 5.93. The second-order valence-electron chi connectivity index (χ2n) is 4.55. The van der Waals surface area contributed by atoms with Gasteiger partial charge >= 0.3 is 5.97 Å². The van der Waals surface area contributed by atoms with E-state index in [2.05, 4.69) is 5.16 Å². The minimum atomic E-state index is -1.11. The van der Waals surface area contributed by atoms with E-state index in [1.54, 1.807) is 17.7 Å². The molecule has 2 aromatic heterocycles. The second-order valence-corrected chi connectivity index (χ2v) is 4.55. The lowest BCUT2D eigenvalue weighted by molar-refractivity contribution is 0.0697. The van der Waals surface area contributed by atoms with Crippen molar-refractivity contribution in [2.24, 2.45) is 7.05 Å². The number of aryl methyl sites for hydroxylation is 1. The Morgan fingerprint density at radius 2 is 2.20 bits per heavy atom. The Labute approximate surface area is 113 Å². The molecule has 3 aromatic rings. The zero-order chi connectivity index (χ0) is 14.4. The molecule has 1 aromatic carbocycles. The number of fused-ring (bicyclic) bond motifs is 1. The van der Waals surface area contributed by atoms with Gasteiger partial charge in [0.2, 0.25) is 0 Å². The van der Waals surface area contributed by atoms with Crippen molar-refractivity contribution >= 4 is 16.9 Å². The van der Waals surface area contributed by atoms with E-state index in [1.807, 2.05) is 6.92 Å². The quantitative estimate of drug-likeness (QED) is 0.780. The molecule has 0 amide bonds. The van der Waals surface area contributed by atoms with E-state index < -0.39 is 5.97 Å². The molecule has 0 aliphatic heterocycles. The molecule has 0 aliphatic rings. The zero-order valence-corrected chi connectivity index (χ0v) is 10.8. The van der Waals surface area contributed by atoms with E-state index in [9.17, 15) is 9.18 Å². The maximum atomic E-state index is 13.4. The molecule has 2 heterocycles. The topological polar surface area (TPSA) is 68.3 Å². The highest BCUT2D eigenvalue weighted by molar-refractivity contribution is 6.02. The van der Waals surface area contributed by atoms with Crippen LogP contribution in [-0.4, -0.2) is 20.8 Å². The first-order valence-electron chi connectivity index (χ1n) is 5.93. The number of benzene rings is 1. The smallest absolute Gasteiger partial charge is 0.341 e. The fraction of sp³-hybridized carbons (Fsp3) is 0.143. The number of carboxylic acids is 1. The van der Waals surface area contributed by atoms with Gasteiger partial charge in [-0.2, -0.15) is 0 Å². The van der Waals surface area contributed by atoms with Crippen LogP contribution in [0.25, 0.3) is 22.2 Å². The van der Waals surface area contributed by atoms with Gasteiger partial charge < -0.3 is 14.2 Å². The summed E-state index contributed by atoms with van der Waals surface area (Å²) in [5, 5.41) is 13.4. The van der Waals surface area contributed by atoms with Crippen molar-refractivity contribution < 1.29 is 18.8 Å². The largest absolute Gasteiger partial charge is 0.477 e. The molecule has 102 valence electrons. The van der Waals surface area contributed by atoms with Gasteiger partial charge in [0, 0.05) is 23.7 Å². The van der Waals surface area contributed by atoms with Gasteiger partial charge in [-0.15, -0.1) is 0 Å². The summed E-state index contributed by atoms with van der Waals surface area (Å²) in [4.78, 5) is 11.2. The molecule has 0 spiro atoms. The Morgan fingerprint density at radius 1 is 1.45 bits per heavy atom. The summed E-state index contributed by atoms with van der Waals surface area (Å²) in [5.74, 6) is -1.27. The van der Waals surface area contributed by atoms with Gasteiger partial charge in [0.1, 0.15) is 11.4 Å². The minimum absolute atomic E-state index is 0.00933. The summed E-state index contributed by atoms with van der Waals surface area (Å²) < 4.78 is 20.3. The lowest BCUT2D eigenvalue weighted by Gasteiger charge is -1.99. The van der Waals surface area contributed by atoms with Crippen LogP contribution in [-0.2, 0) is 7.05 Å². The van der Waals surface area contributed by atoms with Crippen LogP contribution in [0.2, 0.25) is 0 Å². The predicted octanol–water partition coefficient (Wildman–Crippen LogP) is 2.98. The summed E-state index contributed by atoms with van der Waals surface area (Å²) in [6, 6.07) is 4.35. The molecule has 0 saturated carbocycles. The summed E-state index contributed by atoms with van der Waals surface area (Å²) in [6.07, 6.45) is 1.17. The van der Waals surface area contributed by atoms with E-state index in [0.717, 1.165) is 11.1 Å². The Hall–Kier alpha value is -2.63. The van der Waals surface area contributed by atoms with Gasteiger partial charge in [0.25, 0.3) is 0 Å². The van der Waals surface area contributed by atoms with E-state index in [0.29, 0.717) is 11.1 Å². The molecule has 0 radical (unpaired) electrons. The van der Waals surface area contributed by atoms with Crippen LogP contribution < -0.4 is 0 Å². The molecule has 1 N–H and O–H groups in total. The fourth-order valence-electron chi connectivity index (χ4n) is 2.40. The molecule has 6 heteroatoms. The number of carboxylic acid groups (broad SMARTS) is 1. The molecule has 0 unspecified atom stereocenters. The Morgan fingerprint density at radius 3 is 2.90 bits per heavy atom. The Balaban J connectivity index is 2.39. The first kappa shape index (κ1) is 12.4. The van der Waals surface area contributed by atoms with Crippen LogP contribution in [0.15, 0.2) is 28.9 Å². The number of aromatic nitrogens is 2. The lowest BCUT2D eigenvalue weighted by Crippen LogP contribution is -1.97. The molecule has 0 aliphatic carbocycles. The maximum Gasteiger partial charge on any atom is 0.341 e. The van der Waals surface area contributed by atoms with Crippen molar-refractivity contribution in [3.05, 3.63) is 41.5 Å². The number of carbonyl (C=O) groups is 1. The minimum Gasteiger partial charge on any atom is -0.477 e. The summed E-state index contributed by atoms with van der Waals surface area (Å²) >= 11 is 0. The van der Waals surface area contributed by atoms with Crippen molar-refractivity contribution in [1.29, 1.82) is 0 Å². The van der Waals surface area contributed by atoms with E-state index >= 15 is 0 Å². The average molecular weight is 274 g/mol. The average Bonchev–Trinajstić information content (AvgIpc) is 2.96. The number of nitrogens with zero attached hydrogens (tertiary/aromatic N) is 2. The first-order chi connectivity index (χ1) is 9.50. The standard InChI is InChI=1S/C14H11FN2O3/c1-7-12(13-10(14(18)19)6-16-20-13)9-4-3-8(15)5-11(9)17(7)2/h3-6H,1-2H3,(H,18,19). The molecular formula is C14H11FN2O3. The second kappa shape index (κ2) is 4.19. The molecule has 3 rings (SSSR count). The van der Waals surface area contributed by atoms with E-state index in [1.165, 1.54) is 18.3 Å². The number of rotatable bonds is 2. The van der Waals surface area contributed by atoms with Crippen LogP contribution in [0.3, 0.4) is 0 Å². The van der Waals surface area contributed by atoms with Gasteiger partial charge in [-0.1, -0.05) is 5.16 Å². The Kier molecular flexibility index (Phi) is 2.60. The highest BCUT2D eigenvalue weighted by Gasteiger charge is 2.23. The van der Waals surface area contributed by atoms with Crippen molar-refractivity contribution in [2.75, 3.05) is 0 Å². The highest BCUT2D eigenvalue weighted by Crippen LogP contribution is 2.36. The summed E-state index contributed by atoms with van der Waals surface area (Å²) in [7, 11) is 1.79. The van der Waals surface area contributed by atoms with Crippen LogP contribution in [0.1, 0.15) is 16.1 Å². The fourth-order valence-corrected chi connectivity index (χ4v) is 2.40. The SMILES string of the molecule is Cc1c(-c2oncc2C(=O)O)c2ccc(F)cc2n1C. The van der Waals surface area contributed by atoms with Gasteiger partial charge in [-0.05, 0) is 25.1 Å². The monoisotopic (exact) mass is 274 g/mol. The van der Waals surface area contributed by atoms with Gasteiger partial charge in [0.15, 0.2) is 5.76 Å². The number of hydrogen-bond donors (Lipinski definition) is 1. The van der Waals surface area contributed by atoms with Crippen molar-refractivity contribution in [3.63, 3.8) is 0 Å². The number of halogens is 1. The Bertz CT molecular complexity index is 832. The molecular weight excluding hydrogens is 263 g/mol. The van der Waals surface area contributed by atoms with Crippen LogP contribution in [0.5, 0.6) is 0 Å². The van der Waals surface area contributed by atoms with Gasteiger partial charge in [0.05, 0.1) is 11.7 Å². The van der Waals surface area contributed by atoms with Gasteiger partial charge in [-0.3, -0.25) is 0 Å². The molecule has 0 atom stereocenters. The zero-order valence-electron chi connectivity index (χ0n) is 10.8. The van der Waals surface area contributed by atoms with E-state index in [-0.39, 0.29) is 17.1 Å². The van der Waals surface area contributed by atoms with Crippen molar-refractivity contribution in [2.45, 2.75) is 6.92 Å². The summed E-state index contributed by atoms with van der Waals surface area (Å²) in [6.45, 7) is 1.82. The molecule has 0 fully saturated rings. The number of aromatic carboxylic acids is 1. The normalized spacial score (nSPS) is 11.2. The van der Waals surface area contributed by atoms with Gasteiger partial charge in [-0.25, -0.2) is 9.18 Å². The molecule has 0 saturated heterocycles. The lowest BCUT2D eigenvalue weighted by atomic mass is 10.1. The number of hydrogen-bond acceptors (Lipinski definition) is 3. The predicted molar refractivity (Wildman–Crippen MR) is 70.1 cm³/mol. The molecule has 0 bridgehead atoms. The van der Waals surface area contributed by atoms with Crippen LogP contribution >= 0.6 is 0 Å². The third-order valence-electron chi connectivity index (χ3n) is 3.48. The van der Waals surface area contributed by atoms with Crippen molar-refractivity contribution in [3.8, 4) is 11.3 Å². The maximum absolute atomic E-state index is 13.4. The third-order valence-corrected chi connectivity index (χ3v) is 3.48. The molecule has 5 nitrogen and oxygen atoms in total. The van der Waals surface area contributed by atoms with Crippen LogP contribution in [0.4, 0.5) is 4.39 Å².